The fourth-order valence-electron chi connectivity index (χ4n) is 1.49. The van der Waals surface area contributed by atoms with Gasteiger partial charge in [-0.05, 0) is 31.9 Å². The van der Waals surface area contributed by atoms with Gasteiger partial charge in [-0.2, -0.15) is 0 Å². The molecule has 0 atom stereocenters. The van der Waals surface area contributed by atoms with Gasteiger partial charge < -0.3 is 9.84 Å². The average molecular weight is 252 g/mol. The van der Waals surface area contributed by atoms with Gasteiger partial charge in [0.15, 0.2) is 0 Å². The minimum atomic E-state index is -0.707. The van der Waals surface area contributed by atoms with Crippen molar-refractivity contribution in [3.05, 3.63) is 29.8 Å². The quantitative estimate of drug-likeness (QED) is 0.393. The third-order valence-corrected chi connectivity index (χ3v) is 2.69. The molecule has 0 radical (unpaired) electrons. The first-order valence-corrected chi connectivity index (χ1v) is 5.84. The van der Waals surface area contributed by atoms with Crippen molar-refractivity contribution in [2.75, 3.05) is 13.2 Å². The molecule has 5 nitrogen and oxygen atoms in total. The topological polar surface area (TPSA) is 84.6 Å². The number of nitrogens with one attached hydrogen (secondary N) is 1. The molecule has 18 heavy (non-hydrogen) atoms. The number of nitrogens with two attached hydrogens (primary N) is 1. The maximum atomic E-state index is 11.5. The normalized spacial score (nSPS) is 11.1. The van der Waals surface area contributed by atoms with Crippen molar-refractivity contribution in [2.45, 2.75) is 20.3 Å². The van der Waals surface area contributed by atoms with Gasteiger partial charge in [-0.15, -0.1) is 0 Å². The molecule has 1 aromatic rings. The van der Waals surface area contributed by atoms with E-state index in [1.807, 2.05) is 24.3 Å². The predicted octanol–water partition coefficient (Wildman–Crippen LogP) is 0.616. The van der Waals surface area contributed by atoms with Crippen molar-refractivity contribution >= 4 is 5.91 Å². The van der Waals surface area contributed by atoms with Gasteiger partial charge >= 0.3 is 0 Å². The summed E-state index contributed by atoms with van der Waals surface area (Å²) >= 11 is 0. The summed E-state index contributed by atoms with van der Waals surface area (Å²) in [4.78, 5) is 11.5. The number of benzene rings is 1. The van der Waals surface area contributed by atoms with Gasteiger partial charge in [0.25, 0.3) is 0 Å². The smallest absolute Gasteiger partial charge is 0.242 e. The molecule has 4 N–H and O–H groups in total. The summed E-state index contributed by atoms with van der Waals surface area (Å²) in [6.07, 6.45) is 0.527. The van der Waals surface area contributed by atoms with E-state index in [2.05, 4.69) is 5.43 Å². The minimum absolute atomic E-state index is 0.0626. The van der Waals surface area contributed by atoms with Crippen LogP contribution in [-0.2, 0) is 11.2 Å². The lowest BCUT2D eigenvalue weighted by molar-refractivity contribution is -0.130. The second kappa shape index (κ2) is 6.37. The van der Waals surface area contributed by atoms with Gasteiger partial charge in [0.2, 0.25) is 5.91 Å². The van der Waals surface area contributed by atoms with Crippen LogP contribution >= 0.6 is 0 Å². The zero-order chi connectivity index (χ0) is 13.6. The van der Waals surface area contributed by atoms with Crippen LogP contribution in [0.4, 0.5) is 0 Å². The third kappa shape index (κ3) is 3.72. The molecule has 0 bridgehead atoms. The molecule has 0 aromatic heterocycles. The minimum Gasteiger partial charge on any atom is -0.492 e. The van der Waals surface area contributed by atoms with Gasteiger partial charge in [0, 0.05) is 6.61 Å². The zero-order valence-electron chi connectivity index (χ0n) is 10.8. The highest BCUT2D eigenvalue weighted by Gasteiger charge is 2.28. The van der Waals surface area contributed by atoms with Crippen molar-refractivity contribution in [1.29, 1.82) is 0 Å². The van der Waals surface area contributed by atoms with Gasteiger partial charge in [-0.25, -0.2) is 5.84 Å². The summed E-state index contributed by atoms with van der Waals surface area (Å²) in [5.41, 5.74) is 2.34. The van der Waals surface area contributed by atoms with E-state index >= 15 is 0 Å². The molecule has 1 aromatic carbocycles. The highest BCUT2D eigenvalue weighted by Crippen LogP contribution is 2.22. The number of para-hydroxylation sites is 1. The van der Waals surface area contributed by atoms with Gasteiger partial charge in [0.05, 0.1) is 5.41 Å². The van der Waals surface area contributed by atoms with Crippen LogP contribution in [0.15, 0.2) is 24.3 Å². The molecule has 1 rings (SSSR count). The van der Waals surface area contributed by atoms with Crippen LogP contribution in [0.25, 0.3) is 0 Å². The standard InChI is InChI=1S/C13H20N2O3/c1-13(2,12(17)15-14)9-18-11-6-4-3-5-10(11)7-8-16/h3-6,16H,7-9,14H2,1-2H3,(H,15,17). The number of rotatable bonds is 6. The lowest BCUT2D eigenvalue weighted by Gasteiger charge is -2.23. The Morgan fingerprint density at radius 1 is 1.44 bits per heavy atom. The number of carbonyl (C=O) groups excluding carboxylic acids is 1. The number of ether oxygens (including phenoxy) is 1. The molecule has 0 saturated heterocycles. The van der Waals surface area contributed by atoms with Crippen molar-refractivity contribution in [3.63, 3.8) is 0 Å². The summed E-state index contributed by atoms with van der Waals surface area (Å²) < 4.78 is 5.65. The molecule has 100 valence electrons. The van der Waals surface area contributed by atoms with Crippen molar-refractivity contribution in [3.8, 4) is 5.75 Å². The monoisotopic (exact) mass is 252 g/mol. The number of hydrogen-bond donors (Lipinski definition) is 3. The van der Waals surface area contributed by atoms with Crippen LogP contribution in [0.5, 0.6) is 5.75 Å². The van der Waals surface area contributed by atoms with Gasteiger partial charge in [-0.1, -0.05) is 18.2 Å². The fraction of sp³-hybridized carbons (Fsp3) is 0.462. The molecule has 0 fully saturated rings. The van der Waals surface area contributed by atoms with Crippen molar-refractivity contribution in [2.24, 2.45) is 11.3 Å². The van der Waals surface area contributed by atoms with E-state index in [1.54, 1.807) is 13.8 Å². The Bertz CT molecular complexity index is 405. The van der Waals surface area contributed by atoms with Gasteiger partial charge in [0.1, 0.15) is 12.4 Å². The first-order chi connectivity index (χ1) is 8.51. The van der Waals surface area contributed by atoms with Crippen molar-refractivity contribution in [1.82, 2.24) is 5.43 Å². The number of aliphatic hydroxyl groups excluding tert-OH is 1. The molecule has 0 aliphatic carbocycles. The Balaban J connectivity index is 2.71. The average Bonchev–Trinajstić information content (AvgIpc) is 2.37. The summed E-state index contributed by atoms with van der Waals surface area (Å²) in [6, 6.07) is 7.45. The van der Waals surface area contributed by atoms with E-state index in [0.717, 1.165) is 5.56 Å². The predicted molar refractivity (Wildman–Crippen MR) is 68.8 cm³/mol. The number of hydrogen-bond acceptors (Lipinski definition) is 4. The second-order valence-corrected chi connectivity index (χ2v) is 4.73. The largest absolute Gasteiger partial charge is 0.492 e. The summed E-state index contributed by atoms with van der Waals surface area (Å²) in [5.74, 6) is 5.53. The molecule has 0 unspecified atom stereocenters. The Kier molecular flexibility index (Phi) is 5.12. The maximum Gasteiger partial charge on any atom is 0.242 e. The third-order valence-electron chi connectivity index (χ3n) is 2.69. The molecule has 1 amide bonds. The summed E-state index contributed by atoms with van der Waals surface area (Å²) in [5, 5.41) is 8.96. The highest BCUT2D eigenvalue weighted by molar-refractivity contribution is 5.81. The Morgan fingerprint density at radius 3 is 2.72 bits per heavy atom. The van der Waals surface area contributed by atoms with Crippen molar-refractivity contribution < 1.29 is 14.6 Å². The molecular formula is C13H20N2O3. The Labute approximate surface area is 107 Å². The Morgan fingerprint density at radius 2 is 2.11 bits per heavy atom. The number of amides is 1. The van der Waals surface area contributed by atoms with Crippen LogP contribution in [0.2, 0.25) is 0 Å². The fourth-order valence-corrected chi connectivity index (χ4v) is 1.49. The molecule has 0 spiro atoms. The lowest BCUT2D eigenvalue weighted by Crippen LogP contribution is -2.44. The van der Waals surface area contributed by atoms with Crippen LogP contribution < -0.4 is 16.0 Å². The summed E-state index contributed by atoms with van der Waals surface area (Å²) in [6.45, 7) is 3.79. The Hall–Kier alpha value is -1.59. The molecule has 0 aliphatic rings. The van der Waals surface area contributed by atoms with Crippen LogP contribution in [0.1, 0.15) is 19.4 Å². The van der Waals surface area contributed by atoms with Crippen LogP contribution in [0, 0.1) is 5.41 Å². The van der Waals surface area contributed by atoms with E-state index in [0.29, 0.717) is 12.2 Å². The second-order valence-electron chi connectivity index (χ2n) is 4.73. The van der Waals surface area contributed by atoms with Crippen LogP contribution in [0.3, 0.4) is 0 Å². The number of aliphatic hydroxyl groups is 1. The zero-order valence-corrected chi connectivity index (χ0v) is 10.8. The van der Waals surface area contributed by atoms with Crippen LogP contribution in [-0.4, -0.2) is 24.2 Å². The molecule has 0 heterocycles. The lowest BCUT2D eigenvalue weighted by atomic mass is 9.94. The number of hydrazine groups is 1. The molecule has 5 heteroatoms. The van der Waals surface area contributed by atoms with E-state index in [4.69, 9.17) is 15.7 Å². The molecule has 0 aliphatic heterocycles. The highest BCUT2D eigenvalue weighted by atomic mass is 16.5. The number of carbonyl (C=O) groups is 1. The van der Waals surface area contributed by atoms with Gasteiger partial charge in [-0.3, -0.25) is 10.2 Å². The summed E-state index contributed by atoms with van der Waals surface area (Å²) in [7, 11) is 0. The molecule has 0 saturated carbocycles. The molecular weight excluding hydrogens is 232 g/mol. The first-order valence-electron chi connectivity index (χ1n) is 5.84. The SMILES string of the molecule is CC(C)(COc1ccccc1CCO)C(=O)NN. The maximum absolute atomic E-state index is 11.5. The van der Waals surface area contributed by atoms with E-state index in [9.17, 15) is 4.79 Å². The van der Waals surface area contributed by atoms with E-state index in [-0.39, 0.29) is 19.1 Å². The first kappa shape index (κ1) is 14.5. The van der Waals surface area contributed by atoms with E-state index < -0.39 is 5.41 Å². The van der Waals surface area contributed by atoms with E-state index in [1.165, 1.54) is 0 Å².